The lowest BCUT2D eigenvalue weighted by atomic mass is 9.86. The Labute approximate surface area is 141 Å². The van der Waals surface area contributed by atoms with Crippen LogP contribution in [0.1, 0.15) is 39.7 Å². The molecule has 0 saturated carbocycles. The van der Waals surface area contributed by atoms with Gasteiger partial charge in [0.05, 0.1) is 21.3 Å². The summed E-state index contributed by atoms with van der Waals surface area (Å²) in [7, 11) is 5.42. The summed E-state index contributed by atoms with van der Waals surface area (Å²) in [5, 5.41) is 12.7. The van der Waals surface area contributed by atoms with Crippen molar-refractivity contribution in [1.82, 2.24) is 0 Å². The third-order valence-electron chi connectivity index (χ3n) is 3.44. The monoisotopic (exact) mass is 339 g/mol. The number of rotatable bonds is 7. The first kappa shape index (κ1) is 19.8. The highest BCUT2D eigenvalue weighted by Gasteiger charge is 2.16. The van der Waals surface area contributed by atoms with Crippen molar-refractivity contribution in [3.05, 3.63) is 17.7 Å². The maximum Gasteiger partial charge on any atom is 0.132 e. The largest absolute Gasteiger partial charge is 0.823 e. The molecule has 0 radical (unpaired) electrons. The Balaban J connectivity index is 3.06. The molecule has 0 aliphatic heterocycles. The van der Waals surface area contributed by atoms with Crippen LogP contribution in [-0.4, -0.2) is 33.0 Å². The van der Waals surface area contributed by atoms with Gasteiger partial charge in [-0.3, -0.25) is 0 Å². The fraction of sp³-hybridized carbons (Fsp3) is 0.611. The molecule has 23 heavy (non-hydrogen) atoms. The van der Waals surface area contributed by atoms with Crippen molar-refractivity contribution in [2.75, 3.05) is 27.5 Å². The maximum absolute atomic E-state index is 12.7. The minimum atomic E-state index is 0.0158. The molecule has 1 unspecified atom stereocenters. The highest BCUT2D eigenvalue weighted by molar-refractivity contribution is 7.40. The van der Waals surface area contributed by atoms with E-state index in [9.17, 15) is 5.11 Å². The molecule has 0 N–H and O–H groups in total. The molecule has 0 fully saturated rings. The van der Waals surface area contributed by atoms with Crippen molar-refractivity contribution in [2.24, 2.45) is 11.3 Å². The second-order valence-electron chi connectivity index (χ2n) is 6.92. The number of hydrogen-bond donors (Lipinski definition) is 0. The SMILES string of the molecule is COc1cc(OC)c(C([O-])=PCC(C)CC(C)(C)C)c(OC)c1. The Bertz CT molecular complexity index is 521. The second-order valence-corrected chi connectivity index (χ2v) is 8.01. The van der Waals surface area contributed by atoms with Gasteiger partial charge in [0.15, 0.2) is 0 Å². The summed E-state index contributed by atoms with van der Waals surface area (Å²) in [5.74, 6) is 2.06. The van der Waals surface area contributed by atoms with E-state index in [1.807, 2.05) is 0 Å². The van der Waals surface area contributed by atoms with E-state index in [4.69, 9.17) is 14.2 Å². The van der Waals surface area contributed by atoms with E-state index in [0.717, 1.165) is 20.8 Å². The predicted molar refractivity (Wildman–Crippen MR) is 95.2 cm³/mol. The molecule has 1 rings (SSSR count). The zero-order chi connectivity index (χ0) is 17.6. The van der Waals surface area contributed by atoms with Gasteiger partial charge >= 0.3 is 0 Å². The first-order chi connectivity index (χ1) is 10.7. The van der Waals surface area contributed by atoms with Crippen molar-refractivity contribution in [3.8, 4) is 17.2 Å². The lowest BCUT2D eigenvalue weighted by Crippen LogP contribution is -2.20. The Morgan fingerprint density at radius 3 is 2.00 bits per heavy atom. The average molecular weight is 339 g/mol. The van der Waals surface area contributed by atoms with Crippen LogP contribution in [0.2, 0.25) is 0 Å². The minimum Gasteiger partial charge on any atom is -0.823 e. The van der Waals surface area contributed by atoms with Gasteiger partial charge in [-0.15, -0.1) is 13.7 Å². The first-order valence-electron chi connectivity index (χ1n) is 7.73. The van der Waals surface area contributed by atoms with Gasteiger partial charge in [-0.2, -0.15) is 0 Å². The third kappa shape index (κ3) is 6.04. The molecule has 0 heterocycles. The Kier molecular flexibility index (Phi) is 7.37. The molecule has 0 bridgehead atoms. The molecule has 0 aromatic heterocycles. The lowest BCUT2D eigenvalue weighted by molar-refractivity contribution is -0.207. The first-order valence-corrected chi connectivity index (χ1v) is 8.81. The second kappa shape index (κ2) is 8.56. The maximum atomic E-state index is 12.7. The van der Waals surface area contributed by atoms with Crippen LogP contribution in [0.3, 0.4) is 0 Å². The average Bonchev–Trinajstić information content (AvgIpc) is 2.49. The summed E-state index contributed by atoms with van der Waals surface area (Å²) in [6.07, 6.45) is 1.92. The van der Waals surface area contributed by atoms with E-state index in [2.05, 4.69) is 27.7 Å². The van der Waals surface area contributed by atoms with Crippen LogP contribution in [0.15, 0.2) is 12.1 Å². The van der Waals surface area contributed by atoms with Gasteiger partial charge in [-0.05, 0) is 23.9 Å². The molecule has 0 aliphatic carbocycles. The smallest absolute Gasteiger partial charge is 0.132 e. The van der Waals surface area contributed by atoms with E-state index >= 15 is 0 Å². The van der Waals surface area contributed by atoms with Crippen LogP contribution in [0.4, 0.5) is 0 Å². The van der Waals surface area contributed by atoms with Crippen LogP contribution in [0, 0.1) is 11.3 Å². The van der Waals surface area contributed by atoms with Crippen LogP contribution < -0.4 is 19.3 Å². The van der Waals surface area contributed by atoms with Crippen LogP contribution in [0.5, 0.6) is 17.2 Å². The lowest BCUT2D eigenvalue weighted by Gasteiger charge is -2.24. The molecule has 1 aromatic rings. The van der Waals surface area contributed by atoms with Crippen molar-refractivity contribution in [2.45, 2.75) is 34.1 Å². The van der Waals surface area contributed by atoms with Crippen molar-refractivity contribution < 1.29 is 19.3 Å². The van der Waals surface area contributed by atoms with Crippen LogP contribution in [0.25, 0.3) is 0 Å². The van der Waals surface area contributed by atoms with Crippen molar-refractivity contribution >= 4 is 13.7 Å². The van der Waals surface area contributed by atoms with Gasteiger partial charge in [0.1, 0.15) is 17.2 Å². The summed E-state index contributed by atoms with van der Waals surface area (Å²) < 4.78 is 15.9. The zero-order valence-corrected chi connectivity index (χ0v) is 16.1. The number of methoxy groups -OCH3 is 3. The van der Waals surface area contributed by atoms with Gasteiger partial charge in [-0.1, -0.05) is 27.7 Å². The number of hydrogen-bond acceptors (Lipinski definition) is 4. The standard InChI is InChI=1S/C18H29O4P/c1-12(10-18(2,3)4)11-23-17(19)16-14(21-6)8-13(20-5)9-15(16)22-7/h8-9,12,19H,10-11H2,1-7H3/p-1. The summed E-state index contributed by atoms with van der Waals surface area (Å²) in [5.41, 5.74) is 0.774. The Morgan fingerprint density at radius 2 is 1.61 bits per heavy atom. The van der Waals surface area contributed by atoms with E-state index in [1.54, 1.807) is 33.5 Å². The molecule has 1 aromatic carbocycles. The highest BCUT2D eigenvalue weighted by Crippen LogP contribution is 2.35. The molecule has 130 valence electrons. The number of ether oxygens (including phenoxy) is 3. The fourth-order valence-electron chi connectivity index (χ4n) is 2.64. The Morgan fingerprint density at radius 1 is 1.09 bits per heavy atom. The van der Waals surface area contributed by atoms with Gasteiger partial charge < -0.3 is 19.3 Å². The summed E-state index contributed by atoms with van der Waals surface area (Å²) in [6, 6.07) is 3.42. The van der Waals surface area contributed by atoms with Crippen molar-refractivity contribution in [1.29, 1.82) is 0 Å². The molecule has 0 aliphatic rings. The Hall–Kier alpha value is -1.25. The molecule has 4 nitrogen and oxygen atoms in total. The normalized spacial score (nSPS) is 13.7. The van der Waals surface area contributed by atoms with Crippen LogP contribution >= 0.6 is 8.20 Å². The summed E-state index contributed by atoms with van der Waals surface area (Å²) in [4.78, 5) is 0. The zero-order valence-electron chi connectivity index (χ0n) is 15.2. The van der Waals surface area contributed by atoms with Gasteiger partial charge in [0.25, 0.3) is 0 Å². The summed E-state index contributed by atoms with van der Waals surface area (Å²) in [6.45, 7) is 8.85. The minimum absolute atomic E-state index is 0.0158. The van der Waals surface area contributed by atoms with E-state index in [-0.39, 0.29) is 10.9 Å². The molecular formula is C18H28O4P-. The van der Waals surface area contributed by atoms with Crippen LogP contribution in [-0.2, 0) is 0 Å². The van der Waals surface area contributed by atoms with Crippen molar-refractivity contribution in [3.63, 3.8) is 0 Å². The number of benzene rings is 1. The van der Waals surface area contributed by atoms with E-state index in [0.29, 0.717) is 28.7 Å². The quantitative estimate of drug-likeness (QED) is 0.713. The molecule has 0 amide bonds. The topological polar surface area (TPSA) is 50.8 Å². The third-order valence-corrected chi connectivity index (χ3v) is 4.75. The van der Waals surface area contributed by atoms with E-state index < -0.39 is 0 Å². The fourth-order valence-corrected chi connectivity index (χ4v) is 3.63. The van der Waals surface area contributed by atoms with Gasteiger partial charge in [0.2, 0.25) is 0 Å². The van der Waals surface area contributed by atoms with Gasteiger partial charge in [-0.25, -0.2) is 0 Å². The molecule has 0 saturated heterocycles. The van der Waals surface area contributed by atoms with E-state index in [1.165, 1.54) is 0 Å². The predicted octanol–water partition coefficient (Wildman–Crippen LogP) is 3.57. The molecular weight excluding hydrogens is 311 g/mol. The highest BCUT2D eigenvalue weighted by atomic mass is 31.1. The summed E-state index contributed by atoms with van der Waals surface area (Å²) >= 11 is 0. The molecule has 0 spiro atoms. The molecule has 1 atom stereocenters. The van der Waals surface area contributed by atoms with Gasteiger partial charge in [0, 0.05) is 17.7 Å². The molecule has 5 heteroatoms.